The van der Waals surface area contributed by atoms with Crippen molar-refractivity contribution in [3.05, 3.63) is 48.5 Å². The molecule has 0 aliphatic heterocycles. The average molecular weight is 285 g/mol. The SMILES string of the molecule is FC(F)(F)Sc1ccc(NCc2ccncn2)cc1. The van der Waals surface area contributed by atoms with Crippen molar-refractivity contribution < 1.29 is 13.2 Å². The Bertz CT molecular complexity index is 514. The molecule has 3 nitrogen and oxygen atoms in total. The number of hydrogen-bond donors (Lipinski definition) is 1. The number of anilines is 1. The van der Waals surface area contributed by atoms with Crippen molar-refractivity contribution >= 4 is 17.4 Å². The lowest BCUT2D eigenvalue weighted by Gasteiger charge is -2.08. The number of nitrogens with one attached hydrogen (secondary N) is 1. The van der Waals surface area contributed by atoms with Crippen LogP contribution in [-0.2, 0) is 6.54 Å². The van der Waals surface area contributed by atoms with Gasteiger partial charge in [-0.1, -0.05) is 0 Å². The van der Waals surface area contributed by atoms with Gasteiger partial charge in [0.15, 0.2) is 0 Å². The summed E-state index contributed by atoms with van der Waals surface area (Å²) < 4.78 is 36.4. The quantitative estimate of drug-likeness (QED) is 0.869. The van der Waals surface area contributed by atoms with E-state index in [0.29, 0.717) is 6.54 Å². The minimum Gasteiger partial charge on any atom is -0.379 e. The Kier molecular flexibility index (Phi) is 4.26. The Labute approximate surface area is 112 Å². The lowest BCUT2D eigenvalue weighted by Crippen LogP contribution is -2.02. The fourth-order valence-electron chi connectivity index (χ4n) is 1.39. The van der Waals surface area contributed by atoms with Gasteiger partial charge in [-0.25, -0.2) is 9.97 Å². The third-order valence-electron chi connectivity index (χ3n) is 2.20. The molecule has 0 aliphatic rings. The Morgan fingerprint density at radius 2 is 1.84 bits per heavy atom. The van der Waals surface area contributed by atoms with E-state index in [-0.39, 0.29) is 16.7 Å². The molecule has 0 fully saturated rings. The average Bonchev–Trinajstić information content (AvgIpc) is 2.37. The second-order valence-corrected chi connectivity index (χ2v) is 4.76. The minimum atomic E-state index is -4.25. The van der Waals surface area contributed by atoms with E-state index in [9.17, 15) is 13.2 Å². The molecule has 0 atom stereocenters. The molecule has 0 unspecified atom stereocenters. The number of benzene rings is 1. The Balaban J connectivity index is 1.92. The zero-order valence-corrected chi connectivity index (χ0v) is 10.5. The summed E-state index contributed by atoms with van der Waals surface area (Å²) in [6.45, 7) is 0.494. The lowest BCUT2D eigenvalue weighted by molar-refractivity contribution is -0.0328. The number of thioether (sulfide) groups is 1. The fourth-order valence-corrected chi connectivity index (χ4v) is 1.93. The molecule has 0 aliphatic carbocycles. The van der Waals surface area contributed by atoms with E-state index in [1.54, 1.807) is 24.4 Å². The van der Waals surface area contributed by atoms with Crippen LogP contribution in [0, 0.1) is 0 Å². The monoisotopic (exact) mass is 285 g/mol. The van der Waals surface area contributed by atoms with Gasteiger partial charge < -0.3 is 5.32 Å². The van der Waals surface area contributed by atoms with Crippen LogP contribution in [0.15, 0.2) is 47.8 Å². The lowest BCUT2D eigenvalue weighted by atomic mass is 10.3. The topological polar surface area (TPSA) is 37.8 Å². The van der Waals surface area contributed by atoms with Gasteiger partial charge in [-0.15, -0.1) is 0 Å². The molecule has 1 N–H and O–H groups in total. The van der Waals surface area contributed by atoms with Crippen LogP contribution in [0.3, 0.4) is 0 Å². The summed E-state index contributed by atoms with van der Waals surface area (Å²) in [7, 11) is 0. The van der Waals surface area contributed by atoms with Crippen molar-refractivity contribution in [1.82, 2.24) is 9.97 Å². The fraction of sp³-hybridized carbons (Fsp3) is 0.167. The minimum absolute atomic E-state index is 0.124. The maximum absolute atomic E-state index is 12.1. The van der Waals surface area contributed by atoms with E-state index < -0.39 is 5.51 Å². The van der Waals surface area contributed by atoms with E-state index in [2.05, 4.69) is 15.3 Å². The summed E-state index contributed by atoms with van der Waals surface area (Å²) in [6, 6.07) is 7.84. The molecule has 0 saturated heterocycles. The maximum atomic E-state index is 12.1. The van der Waals surface area contributed by atoms with Gasteiger partial charge in [0.2, 0.25) is 0 Å². The summed E-state index contributed by atoms with van der Waals surface area (Å²) in [4.78, 5) is 8.00. The third kappa shape index (κ3) is 4.78. The standard InChI is InChI=1S/C12H10F3N3S/c13-12(14,15)19-11-3-1-9(2-4-11)17-7-10-5-6-16-8-18-10/h1-6,8,17H,7H2. The molecule has 7 heteroatoms. The van der Waals surface area contributed by atoms with Gasteiger partial charge in [-0.2, -0.15) is 13.2 Å². The molecule has 19 heavy (non-hydrogen) atoms. The number of halogens is 3. The first-order valence-electron chi connectivity index (χ1n) is 5.37. The Hall–Kier alpha value is -1.76. The van der Waals surface area contributed by atoms with Crippen molar-refractivity contribution in [3.8, 4) is 0 Å². The van der Waals surface area contributed by atoms with Gasteiger partial charge in [0.25, 0.3) is 0 Å². The molecule has 2 aromatic rings. The number of aromatic nitrogens is 2. The summed E-state index contributed by atoms with van der Waals surface area (Å²) in [6.07, 6.45) is 3.08. The Morgan fingerprint density at radius 1 is 1.11 bits per heavy atom. The highest BCUT2D eigenvalue weighted by molar-refractivity contribution is 8.00. The van der Waals surface area contributed by atoms with Crippen LogP contribution in [0.25, 0.3) is 0 Å². The van der Waals surface area contributed by atoms with Crippen molar-refractivity contribution in [3.63, 3.8) is 0 Å². The first kappa shape index (κ1) is 13.7. The molecular weight excluding hydrogens is 275 g/mol. The summed E-state index contributed by atoms with van der Waals surface area (Å²) in [5.74, 6) is 0. The van der Waals surface area contributed by atoms with Crippen LogP contribution in [-0.4, -0.2) is 15.5 Å². The zero-order valence-electron chi connectivity index (χ0n) is 9.69. The summed E-state index contributed by atoms with van der Waals surface area (Å²) in [5, 5.41) is 3.07. The smallest absolute Gasteiger partial charge is 0.379 e. The van der Waals surface area contributed by atoms with Gasteiger partial charge in [0.05, 0.1) is 12.2 Å². The zero-order chi connectivity index (χ0) is 13.7. The number of hydrogen-bond acceptors (Lipinski definition) is 4. The largest absolute Gasteiger partial charge is 0.446 e. The number of alkyl halides is 3. The van der Waals surface area contributed by atoms with E-state index in [1.807, 2.05) is 0 Å². The molecule has 0 amide bonds. The van der Waals surface area contributed by atoms with Crippen LogP contribution in [0.2, 0.25) is 0 Å². The predicted molar refractivity (Wildman–Crippen MR) is 67.7 cm³/mol. The second-order valence-electron chi connectivity index (χ2n) is 3.63. The van der Waals surface area contributed by atoms with Crippen LogP contribution in [0.4, 0.5) is 18.9 Å². The van der Waals surface area contributed by atoms with Crippen LogP contribution in [0.5, 0.6) is 0 Å². The molecule has 1 aromatic carbocycles. The van der Waals surface area contributed by atoms with Gasteiger partial charge in [0, 0.05) is 16.8 Å². The molecule has 0 bridgehead atoms. The third-order valence-corrected chi connectivity index (χ3v) is 2.94. The van der Waals surface area contributed by atoms with Crippen molar-refractivity contribution in [1.29, 1.82) is 0 Å². The number of nitrogens with zero attached hydrogens (tertiary/aromatic N) is 2. The molecular formula is C12H10F3N3S. The predicted octanol–water partition coefficient (Wildman–Crippen LogP) is 3.70. The van der Waals surface area contributed by atoms with Gasteiger partial charge in [-0.05, 0) is 42.1 Å². The molecule has 0 radical (unpaired) electrons. The highest BCUT2D eigenvalue weighted by Crippen LogP contribution is 2.36. The van der Waals surface area contributed by atoms with Crippen LogP contribution < -0.4 is 5.32 Å². The van der Waals surface area contributed by atoms with Crippen LogP contribution >= 0.6 is 11.8 Å². The normalized spacial score (nSPS) is 11.3. The summed E-state index contributed by atoms with van der Waals surface area (Å²) in [5.41, 5.74) is -2.70. The van der Waals surface area contributed by atoms with E-state index in [1.165, 1.54) is 18.5 Å². The van der Waals surface area contributed by atoms with E-state index in [4.69, 9.17) is 0 Å². The second kappa shape index (κ2) is 5.92. The summed E-state index contributed by atoms with van der Waals surface area (Å²) >= 11 is -0.124. The molecule has 100 valence electrons. The maximum Gasteiger partial charge on any atom is 0.446 e. The van der Waals surface area contributed by atoms with Gasteiger partial charge in [0.1, 0.15) is 6.33 Å². The van der Waals surface area contributed by atoms with Gasteiger partial charge in [-0.3, -0.25) is 0 Å². The van der Waals surface area contributed by atoms with E-state index in [0.717, 1.165) is 11.4 Å². The highest BCUT2D eigenvalue weighted by atomic mass is 32.2. The van der Waals surface area contributed by atoms with Crippen molar-refractivity contribution in [2.24, 2.45) is 0 Å². The first-order valence-corrected chi connectivity index (χ1v) is 6.19. The molecule has 0 spiro atoms. The van der Waals surface area contributed by atoms with Crippen LogP contribution in [0.1, 0.15) is 5.69 Å². The van der Waals surface area contributed by atoms with Gasteiger partial charge >= 0.3 is 5.51 Å². The molecule has 1 aromatic heterocycles. The Morgan fingerprint density at radius 3 is 2.42 bits per heavy atom. The highest BCUT2D eigenvalue weighted by Gasteiger charge is 2.28. The number of rotatable bonds is 4. The molecule has 1 heterocycles. The first-order chi connectivity index (χ1) is 9.03. The van der Waals surface area contributed by atoms with E-state index >= 15 is 0 Å². The van der Waals surface area contributed by atoms with Crippen molar-refractivity contribution in [2.75, 3.05) is 5.32 Å². The van der Waals surface area contributed by atoms with Crippen molar-refractivity contribution in [2.45, 2.75) is 16.9 Å². The molecule has 0 saturated carbocycles. The molecule has 2 rings (SSSR count).